The van der Waals surface area contributed by atoms with E-state index in [9.17, 15) is 0 Å². The molecule has 0 bridgehead atoms. The maximum atomic E-state index is 5.34. The smallest absolute Gasteiger partial charge is 0.154 e. The van der Waals surface area contributed by atoms with E-state index in [1.807, 2.05) is 0 Å². The van der Waals surface area contributed by atoms with Crippen LogP contribution >= 0.6 is 11.8 Å². The second-order valence-electron chi connectivity index (χ2n) is 1.63. The van der Waals surface area contributed by atoms with E-state index in [4.69, 9.17) is 5.73 Å². The molecule has 0 spiro atoms. The summed E-state index contributed by atoms with van der Waals surface area (Å²) in [5, 5.41) is 0.743. The molecule has 1 atom stereocenters. The molecule has 2 N–H and O–H groups in total. The van der Waals surface area contributed by atoms with E-state index in [-0.39, 0.29) is 0 Å². The molecule has 0 aliphatic carbocycles. The lowest BCUT2D eigenvalue weighted by Crippen LogP contribution is -2.01. The zero-order chi connectivity index (χ0) is 5.28. The van der Waals surface area contributed by atoms with Crippen LogP contribution in [0.4, 0.5) is 0 Å². The molecule has 1 aliphatic heterocycles. The molecule has 7 heavy (non-hydrogen) atoms. The minimum Gasteiger partial charge on any atom is -0.379 e. The van der Waals surface area contributed by atoms with Gasteiger partial charge in [-0.15, -0.1) is 0 Å². The Kier molecular flexibility index (Phi) is 1.23. The molecule has 0 aromatic carbocycles. The number of amidine groups is 1. The molecule has 0 fully saturated rings. The number of rotatable bonds is 0. The normalized spacial score (nSPS) is 30.4. The monoisotopic (exact) mass is 119 g/mol. The molecule has 2 nitrogen and oxygen atoms in total. The fourth-order valence-electron chi connectivity index (χ4n) is 0.498. The molecule has 0 aromatic heterocycles. The van der Waals surface area contributed by atoms with E-state index in [0.717, 1.165) is 10.9 Å². The fraction of sp³-hybridized carbons (Fsp3) is 0.750. The summed E-state index contributed by atoms with van der Waals surface area (Å²) in [6.07, 6.45) is 0. The van der Waals surface area contributed by atoms with Crippen LogP contribution in [-0.2, 0) is 0 Å². The van der Waals surface area contributed by atoms with Crippen molar-refractivity contribution in [3.8, 4) is 0 Å². The van der Waals surface area contributed by atoms with Crippen molar-refractivity contribution in [3.05, 3.63) is 0 Å². The van der Waals surface area contributed by atoms with Gasteiger partial charge in [0.05, 0.1) is 6.04 Å². The van der Waals surface area contributed by atoms with Crippen molar-refractivity contribution >= 4 is 16.9 Å². The van der Waals surface area contributed by atoms with Crippen LogP contribution in [0.2, 0.25) is 0 Å². The molecular formula is C4H8N2S. The van der Waals surface area contributed by atoms with Crippen molar-refractivity contribution in [1.29, 1.82) is 0 Å². The summed E-state index contributed by atoms with van der Waals surface area (Å²) in [6.45, 7) is 2.06. The van der Waals surface area contributed by atoms with Crippen molar-refractivity contribution in [2.45, 2.75) is 13.0 Å². The summed E-state index contributed by atoms with van der Waals surface area (Å²) in [7, 11) is 0. The predicted molar refractivity (Wildman–Crippen MR) is 33.5 cm³/mol. The summed E-state index contributed by atoms with van der Waals surface area (Å²) in [5.41, 5.74) is 5.34. The molecule has 1 heterocycles. The molecule has 0 aromatic rings. The van der Waals surface area contributed by atoms with Crippen LogP contribution < -0.4 is 5.73 Å². The Hall–Kier alpha value is -0.180. The van der Waals surface area contributed by atoms with Gasteiger partial charge < -0.3 is 5.73 Å². The predicted octanol–water partition coefficient (Wildman–Crippen LogP) is 0.436. The molecular weight excluding hydrogens is 111 g/mol. The van der Waals surface area contributed by atoms with Gasteiger partial charge >= 0.3 is 0 Å². The molecule has 1 unspecified atom stereocenters. The van der Waals surface area contributed by atoms with Gasteiger partial charge in [-0.25, -0.2) is 0 Å². The highest BCUT2D eigenvalue weighted by atomic mass is 35.1. The van der Waals surface area contributed by atoms with E-state index < -0.39 is 0 Å². The third-order valence-electron chi connectivity index (χ3n) is 0.820. The van der Waals surface area contributed by atoms with Gasteiger partial charge in [-0.2, -0.15) is 0 Å². The lowest BCUT2D eigenvalue weighted by atomic mass is 10.4. The minimum absolute atomic E-state index is 0.449. The lowest BCUT2D eigenvalue weighted by Gasteiger charge is -1.86. The molecule has 1 aliphatic rings. The van der Waals surface area contributed by atoms with Crippen LogP contribution in [0.3, 0.4) is 0 Å². The first kappa shape index (κ1) is 4.97. The summed E-state index contributed by atoms with van der Waals surface area (Å²) < 4.78 is 0. The third kappa shape index (κ3) is 1.09. The Labute approximate surface area is 47.2 Å². The van der Waals surface area contributed by atoms with Crippen molar-refractivity contribution < 1.29 is 0 Å². The number of nitrogens with zero attached hydrogens (tertiary/aromatic N) is 1. The summed E-state index contributed by atoms with van der Waals surface area (Å²) >= 11 is 1.63. The van der Waals surface area contributed by atoms with E-state index in [1.54, 1.807) is 11.8 Å². The SMILES string of the molecule is CC1C[35S]C(N)=N1. The maximum Gasteiger partial charge on any atom is 0.154 e. The first-order valence-corrected chi connectivity index (χ1v) is 3.23. The largest absolute Gasteiger partial charge is 0.379 e. The molecule has 3 heteroatoms. The highest BCUT2D eigenvalue weighted by Crippen LogP contribution is 2.12. The van der Waals surface area contributed by atoms with Crippen molar-refractivity contribution in [1.82, 2.24) is 0 Å². The second kappa shape index (κ2) is 1.74. The van der Waals surface area contributed by atoms with E-state index in [1.165, 1.54) is 0 Å². The molecule has 0 saturated carbocycles. The molecule has 0 saturated heterocycles. The lowest BCUT2D eigenvalue weighted by molar-refractivity contribution is 0.864. The first-order valence-electron chi connectivity index (χ1n) is 2.25. The Bertz CT molecular complexity index is 99.9. The number of nitrogens with two attached hydrogens (primary N) is 1. The van der Waals surface area contributed by atoms with E-state index in [0.29, 0.717) is 6.04 Å². The van der Waals surface area contributed by atoms with Crippen molar-refractivity contribution in [3.63, 3.8) is 0 Å². The highest BCUT2D eigenvalue weighted by Gasteiger charge is 2.08. The quantitative estimate of drug-likeness (QED) is 0.502. The summed E-state index contributed by atoms with van der Waals surface area (Å²) in [4.78, 5) is 4.05. The number of hydrogen-bond donors (Lipinski definition) is 1. The minimum atomic E-state index is 0.449. The second-order valence-corrected chi connectivity index (χ2v) is 2.67. The van der Waals surface area contributed by atoms with Crippen LogP contribution in [0.15, 0.2) is 4.99 Å². The Morgan fingerprint density at radius 2 is 2.71 bits per heavy atom. The van der Waals surface area contributed by atoms with Crippen LogP contribution in [-0.4, -0.2) is 17.0 Å². The van der Waals surface area contributed by atoms with Crippen LogP contribution in [0.5, 0.6) is 0 Å². The zero-order valence-corrected chi connectivity index (χ0v) is 5.03. The molecule has 1 rings (SSSR count). The van der Waals surface area contributed by atoms with Gasteiger partial charge in [-0.1, -0.05) is 11.8 Å². The first-order chi connectivity index (χ1) is 3.29. The van der Waals surface area contributed by atoms with Crippen LogP contribution in [0.1, 0.15) is 6.92 Å². The fourth-order valence-corrected chi connectivity index (χ4v) is 1.24. The Morgan fingerprint density at radius 1 is 2.00 bits per heavy atom. The average Bonchev–Trinajstić information content (AvgIpc) is 1.87. The van der Waals surface area contributed by atoms with E-state index in [2.05, 4.69) is 11.9 Å². The van der Waals surface area contributed by atoms with Crippen molar-refractivity contribution in [2.24, 2.45) is 10.7 Å². The van der Waals surface area contributed by atoms with Crippen molar-refractivity contribution in [2.75, 3.05) is 5.75 Å². The average molecular weight is 119 g/mol. The Morgan fingerprint density at radius 3 is 2.86 bits per heavy atom. The van der Waals surface area contributed by atoms with Gasteiger partial charge in [0, 0.05) is 5.75 Å². The van der Waals surface area contributed by atoms with Gasteiger partial charge in [0.2, 0.25) is 0 Å². The van der Waals surface area contributed by atoms with Gasteiger partial charge in [-0.05, 0) is 6.92 Å². The summed E-state index contributed by atoms with van der Waals surface area (Å²) in [6, 6.07) is 0.449. The number of thioether (sulfide) groups is 1. The molecule has 0 radical (unpaired) electrons. The summed E-state index contributed by atoms with van der Waals surface area (Å²) in [5.74, 6) is 1.06. The topological polar surface area (TPSA) is 38.4 Å². The van der Waals surface area contributed by atoms with Gasteiger partial charge in [0.15, 0.2) is 5.17 Å². The van der Waals surface area contributed by atoms with Crippen LogP contribution in [0.25, 0.3) is 0 Å². The zero-order valence-electron chi connectivity index (χ0n) is 4.22. The third-order valence-corrected chi connectivity index (χ3v) is 1.87. The van der Waals surface area contributed by atoms with E-state index >= 15 is 0 Å². The number of hydrogen-bond acceptors (Lipinski definition) is 3. The van der Waals surface area contributed by atoms with Gasteiger partial charge in [-0.3, -0.25) is 4.99 Å². The molecule has 0 amide bonds. The van der Waals surface area contributed by atoms with Gasteiger partial charge in [0.25, 0.3) is 0 Å². The maximum absolute atomic E-state index is 5.34. The van der Waals surface area contributed by atoms with Gasteiger partial charge in [0.1, 0.15) is 0 Å². The standard InChI is InChI=1S/C4H8N2S/c1-3-2-7-4(5)6-3/h3H,2H2,1H3,(H2,5,6)/i7+3. The highest BCUT2D eigenvalue weighted by molar-refractivity contribution is 8.14. The molecule has 40 valence electrons. The Balaban J connectivity index is 2.50. The number of aliphatic imine (C=N–C) groups is 1. The van der Waals surface area contributed by atoms with Crippen LogP contribution in [0, 0.1) is 0 Å².